The number of aryl methyl sites for hydroxylation is 1. The summed E-state index contributed by atoms with van der Waals surface area (Å²) >= 11 is 0. The van der Waals surface area contributed by atoms with Gasteiger partial charge in [0.25, 0.3) is 11.5 Å². The predicted molar refractivity (Wildman–Crippen MR) is 104 cm³/mol. The first-order valence-corrected chi connectivity index (χ1v) is 9.41. The molecule has 0 unspecified atom stereocenters. The van der Waals surface area contributed by atoms with E-state index in [1.807, 2.05) is 0 Å². The number of hydrogen-bond donors (Lipinski definition) is 0. The summed E-state index contributed by atoms with van der Waals surface area (Å²) in [6.07, 6.45) is 4.41. The summed E-state index contributed by atoms with van der Waals surface area (Å²) in [5.41, 5.74) is 0.548. The van der Waals surface area contributed by atoms with Gasteiger partial charge < -0.3 is 14.2 Å². The zero-order valence-corrected chi connectivity index (χ0v) is 16.1. The zero-order chi connectivity index (χ0) is 19.6. The molecule has 144 valence electrons. The molecule has 1 fully saturated rings. The van der Waals surface area contributed by atoms with Gasteiger partial charge in [-0.15, -0.1) is 0 Å². The first-order valence-electron chi connectivity index (χ1n) is 9.41. The average molecular weight is 370 g/mol. The quantitative estimate of drug-likeness (QED) is 0.776. The van der Waals surface area contributed by atoms with Crippen molar-refractivity contribution in [3.8, 4) is 0 Å². The van der Waals surface area contributed by atoms with E-state index in [-0.39, 0.29) is 29.7 Å². The highest BCUT2D eigenvalue weighted by Gasteiger charge is 2.28. The van der Waals surface area contributed by atoms with Crippen LogP contribution in [0.2, 0.25) is 0 Å². The summed E-state index contributed by atoms with van der Waals surface area (Å²) in [5.74, 6) is -0.415. The molecule has 1 saturated carbocycles. The van der Waals surface area contributed by atoms with Gasteiger partial charge in [0.1, 0.15) is 0 Å². The first kappa shape index (κ1) is 19.1. The lowest BCUT2D eigenvalue weighted by molar-refractivity contribution is -0.136. The third kappa shape index (κ3) is 3.89. The van der Waals surface area contributed by atoms with Crippen molar-refractivity contribution < 1.29 is 14.3 Å². The van der Waals surface area contributed by atoms with Crippen LogP contribution >= 0.6 is 0 Å². The summed E-state index contributed by atoms with van der Waals surface area (Å²) in [7, 11) is 3.43. The molecule has 27 heavy (non-hydrogen) atoms. The van der Waals surface area contributed by atoms with E-state index in [0.717, 1.165) is 19.3 Å². The molecule has 0 N–H and O–H groups in total. The Labute approximate surface area is 158 Å². The Hall–Kier alpha value is -2.63. The number of carbonyl (C=O) groups excluding carboxylic acids is 2. The van der Waals surface area contributed by atoms with Crippen molar-refractivity contribution in [1.82, 2.24) is 9.47 Å². The number of esters is 1. The van der Waals surface area contributed by atoms with Gasteiger partial charge in [-0.2, -0.15) is 0 Å². The summed E-state index contributed by atoms with van der Waals surface area (Å²) in [4.78, 5) is 38.9. The topological polar surface area (TPSA) is 68.6 Å². The lowest BCUT2D eigenvalue weighted by atomic mass is 9.85. The Morgan fingerprint density at radius 2 is 1.93 bits per heavy atom. The minimum atomic E-state index is -0.651. The monoisotopic (exact) mass is 370 g/mol. The van der Waals surface area contributed by atoms with Gasteiger partial charge in [-0.05, 0) is 24.8 Å². The van der Waals surface area contributed by atoms with Crippen LogP contribution in [0.25, 0.3) is 10.9 Å². The molecule has 0 radical (unpaired) electrons. The number of ether oxygens (including phenoxy) is 1. The van der Waals surface area contributed by atoms with Crippen LogP contribution in [0.1, 0.15) is 43.0 Å². The third-order valence-corrected chi connectivity index (χ3v) is 5.66. The Kier molecular flexibility index (Phi) is 5.63. The average Bonchev–Trinajstić information content (AvgIpc) is 2.68. The van der Waals surface area contributed by atoms with Gasteiger partial charge in [0.05, 0.1) is 11.1 Å². The molecular formula is C21H26N2O4. The number of benzene rings is 1. The van der Waals surface area contributed by atoms with Crippen LogP contribution < -0.4 is 5.56 Å². The minimum absolute atomic E-state index is 0.190. The molecule has 1 aliphatic carbocycles. The highest BCUT2D eigenvalue weighted by molar-refractivity contribution is 6.03. The van der Waals surface area contributed by atoms with E-state index in [0.29, 0.717) is 16.8 Å². The maximum absolute atomic E-state index is 12.5. The second kappa shape index (κ2) is 7.94. The van der Waals surface area contributed by atoms with E-state index in [1.54, 1.807) is 43.3 Å². The fraction of sp³-hybridized carbons (Fsp3) is 0.476. The van der Waals surface area contributed by atoms with Crippen molar-refractivity contribution >= 4 is 22.8 Å². The highest BCUT2D eigenvalue weighted by atomic mass is 16.5. The van der Waals surface area contributed by atoms with E-state index in [2.05, 4.69) is 6.92 Å². The van der Waals surface area contributed by atoms with Gasteiger partial charge in [0, 0.05) is 31.6 Å². The number of hydrogen-bond acceptors (Lipinski definition) is 4. The van der Waals surface area contributed by atoms with Gasteiger partial charge in [0.2, 0.25) is 0 Å². The number of aromatic nitrogens is 1. The fourth-order valence-corrected chi connectivity index (χ4v) is 3.94. The number of nitrogens with zero attached hydrogens (tertiary/aromatic N) is 2. The van der Waals surface area contributed by atoms with Crippen LogP contribution in [0.5, 0.6) is 0 Å². The first-order chi connectivity index (χ1) is 12.9. The smallest absolute Gasteiger partial charge is 0.339 e. The predicted octanol–water partition coefficient (Wildman–Crippen LogP) is 2.73. The molecule has 3 rings (SSSR count). The van der Waals surface area contributed by atoms with Crippen LogP contribution in [0.4, 0.5) is 0 Å². The van der Waals surface area contributed by atoms with Crippen molar-refractivity contribution in [3.05, 3.63) is 46.2 Å². The van der Waals surface area contributed by atoms with Crippen molar-refractivity contribution in [3.63, 3.8) is 0 Å². The molecule has 1 aliphatic rings. The molecule has 0 aliphatic heterocycles. The Morgan fingerprint density at radius 1 is 1.22 bits per heavy atom. The number of rotatable bonds is 4. The molecule has 0 spiro atoms. The van der Waals surface area contributed by atoms with E-state index < -0.39 is 5.97 Å². The van der Waals surface area contributed by atoms with Crippen molar-refractivity contribution in [1.29, 1.82) is 0 Å². The number of carbonyl (C=O) groups is 2. The molecule has 0 bridgehead atoms. The van der Waals surface area contributed by atoms with Crippen LogP contribution in [-0.4, -0.2) is 41.0 Å². The van der Waals surface area contributed by atoms with E-state index in [1.165, 1.54) is 17.1 Å². The maximum atomic E-state index is 12.5. The van der Waals surface area contributed by atoms with Gasteiger partial charge in [-0.25, -0.2) is 4.79 Å². The molecule has 1 amide bonds. The summed E-state index contributed by atoms with van der Waals surface area (Å²) in [6, 6.07) is 8.60. The molecule has 0 saturated heterocycles. The Balaban J connectivity index is 1.73. The summed E-state index contributed by atoms with van der Waals surface area (Å²) in [5, 5.41) is 0.631. The molecule has 1 heterocycles. The number of amides is 1. The summed E-state index contributed by atoms with van der Waals surface area (Å²) in [6.45, 7) is 1.84. The van der Waals surface area contributed by atoms with E-state index in [9.17, 15) is 14.4 Å². The minimum Gasteiger partial charge on any atom is -0.452 e. The Bertz CT molecular complexity index is 918. The fourth-order valence-electron chi connectivity index (χ4n) is 3.94. The molecule has 1 aromatic carbocycles. The number of fused-ring (bicyclic) bond motifs is 1. The van der Waals surface area contributed by atoms with Crippen LogP contribution in [0.15, 0.2) is 35.1 Å². The van der Waals surface area contributed by atoms with E-state index >= 15 is 0 Å². The van der Waals surface area contributed by atoms with Gasteiger partial charge in [0.15, 0.2) is 6.61 Å². The number of para-hydroxylation sites is 1. The second-order valence-electron chi connectivity index (χ2n) is 7.38. The van der Waals surface area contributed by atoms with Gasteiger partial charge >= 0.3 is 5.97 Å². The number of likely N-dealkylation sites (N-methyl/N-ethyl adjacent to an activating group) is 1. The molecule has 6 heteroatoms. The molecule has 2 atom stereocenters. The van der Waals surface area contributed by atoms with Gasteiger partial charge in [-0.1, -0.05) is 38.0 Å². The van der Waals surface area contributed by atoms with Crippen LogP contribution in [0, 0.1) is 5.92 Å². The van der Waals surface area contributed by atoms with E-state index in [4.69, 9.17) is 4.74 Å². The lowest BCUT2D eigenvalue weighted by Crippen LogP contribution is -2.44. The van der Waals surface area contributed by atoms with Crippen LogP contribution in [0.3, 0.4) is 0 Å². The lowest BCUT2D eigenvalue weighted by Gasteiger charge is -2.36. The highest BCUT2D eigenvalue weighted by Crippen LogP contribution is 2.27. The van der Waals surface area contributed by atoms with Crippen molar-refractivity contribution in [2.75, 3.05) is 13.7 Å². The number of pyridine rings is 1. The maximum Gasteiger partial charge on any atom is 0.339 e. The van der Waals surface area contributed by atoms with Crippen LogP contribution in [-0.2, 0) is 16.6 Å². The van der Waals surface area contributed by atoms with Crippen molar-refractivity contribution in [2.45, 2.75) is 38.6 Å². The zero-order valence-electron chi connectivity index (χ0n) is 16.1. The second-order valence-corrected chi connectivity index (χ2v) is 7.38. The summed E-state index contributed by atoms with van der Waals surface area (Å²) < 4.78 is 6.74. The largest absolute Gasteiger partial charge is 0.452 e. The molecular weight excluding hydrogens is 344 g/mol. The SMILES string of the molecule is C[C@@H]1CCCC[C@H]1N(C)C(=O)COC(=O)c1cc(=O)n(C)c2ccccc12. The van der Waals surface area contributed by atoms with Crippen molar-refractivity contribution in [2.24, 2.45) is 13.0 Å². The third-order valence-electron chi connectivity index (χ3n) is 5.66. The van der Waals surface area contributed by atoms with Gasteiger partial charge in [-0.3, -0.25) is 9.59 Å². The Morgan fingerprint density at radius 3 is 2.67 bits per heavy atom. The molecule has 2 aromatic rings. The molecule has 6 nitrogen and oxygen atoms in total. The standard InChI is InChI=1S/C21H26N2O4/c1-14-8-4-6-10-17(14)22(2)20(25)13-27-21(26)16-12-19(24)23(3)18-11-7-5-9-15(16)18/h5,7,9,11-12,14,17H,4,6,8,10,13H2,1-3H3/t14-,17-/m1/s1. The molecule has 1 aromatic heterocycles. The normalized spacial score (nSPS) is 19.7.